The molecule has 0 amide bonds. The Morgan fingerprint density at radius 1 is 0.522 bits per heavy atom. The zero-order valence-corrected chi connectivity index (χ0v) is 27.4. The topological polar surface area (TPSA) is 124 Å². The number of rotatable bonds is 8. The van der Waals surface area contributed by atoms with Crippen molar-refractivity contribution in [2.24, 2.45) is 0 Å². The highest BCUT2D eigenvalue weighted by atomic mass is 32.1. The van der Waals surface area contributed by atoms with E-state index in [1.54, 1.807) is 70.1 Å². The van der Waals surface area contributed by atoms with Crippen LogP contribution in [0.1, 0.15) is 70.8 Å². The minimum Gasteiger partial charge on any atom is -0.451 e. The van der Waals surface area contributed by atoms with Gasteiger partial charge in [-0.05, 0) is 58.6 Å². The van der Waals surface area contributed by atoms with E-state index in [0.29, 0.717) is 22.6 Å². The molecular weight excluding hydrogens is 673 g/mol. The molecule has 2 saturated carbocycles. The first kappa shape index (κ1) is 31.2. The zero-order valence-electron chi connectivity index (χ0n) is 24.1. The number of esters is 4. The van der Waals surface area contributed by atoms with Gasteiger partial charge in [-0.3, -0.25) is 0 Å². The highest BCUT2D eigenvalue weighted by Crippen LogP contribution is 2.48. The van der Waals surface area contributed by atoms with Gasteiger partial charge in [-0.2, -0.15) is 0 Å². The van der Waals surface area contributed by atoms with Crippen LogP contribution in [0.5, 0.6) is 0 Å². The Balaban J connectivity index is 1.32. The lowest BCUT2D eigenvalue weighted by molar-refractivity contribution is -0.203. The summed E-state index contributed by atoms with van der Waals surface area (Å²) in [5.74, 6) is -3.81. The van der Waals surface area contributed by atoms with Gasteiger partial charge in [-0.1, -0.05) is 30.7 Å². The third-order valence-corrected chi connectivity index (χ3v) is 11.5. The van der Waals surface area contributed by atoms with Gasteiger partial charge >= 0.3 is 23.9 Å². The van der Waals surface area contributed by atoms with Crippen molar-refractivity contribution in [2.45, 2.75) is 74.5 Å². The van der Waals surface area contributed by atoms with E-state index in [2.05, 4.69) is 0 Å². The monoisotopic (exact) mass is 700 g/mol. The number of carbonyl (C=O) groups excluding carboxylic acids is 4. The van der Waals surface area contributed by atoms with Crippen molar-refractivity contribution in [3.8, 4) is 0 Å². The zero-order chi connectivity index (χ0) is 31.7. The lowest BCUT2D eigenvalue weighted by atomic mass is 9.84. The van der Waals surface area contributed by atoms with Gasteiger partial charge < -0.3 is 28.4 Å². The SMILES string of the molecule is O=C(O[C@@H]1[C@H](OC(=O)c2cccs2)[C@@H](OC(=O)c2cccs2)[C@@H]2OC3(CCCCC3)O[C@@H]2[C@H]1OC(=O)c1cccs1)c1cccs1. The molecule has 46 heavy (non-hydrogen) atoms. The third-order valence-electron chi connectivity index (χ3n) is 8.12. The van der Waals surface area contributed by atoms with Crippen molar-refractivity contribution >= 4 is 69.2 Å². The molecule has 1 saturated heterocycles. The first-order chi connectivity index (χ1) is 22.4. The van der Waals surface area contributed by atoms with Crippen molar-refractivity contribution in [3.63, 3.8) is 0 Å². The number of hydrogen-bond donors (Lipinski definition) is 0. The molecule has 3 aliphatic rings. The Hall–Kier alpha value is -3.40. The number of fused-ring (bicyclic) bond motifs is 1. The van der Waals surface area contributed by atoms with Gasteiger partial charge in [0.1, 0.15) is 31.7 Å². The molecule has 2 aliphatic carbocycles. The lowest BCUT2D eigenvalue weighted by Crippen LogP contribution is -2.66. The molecule has 0 radical (unpaired) electrons. The van der Waals surface area contributed by atoms with Gasteiger partial charge in [-0.25, -0.2) is 19.2 Å². The highest BCUT2D eigenvalue weighted by Gasteiger charge is 2.65. The summed E-state index contributed by atoms with van der Waals surface area (Å²) in [6.45, 7) is 0. The van der Waals surface area contributed by atoms with Crippen molar-refractivity contribution in [3.05, 3.63) is 89.6 Å². The molecule has 240 valence electrons. The minimum absolute atomic E-state index is 0.285. The van der Waals surface area contributed by atoms with Gasteiger partial charge in [0, 0.05) is 12.8 Å². The molecule has 6 atom stereocenters. The normalized spacial score (nSPS) is 26.6. The second-order valence-electron chi connectivity index (χ2n) is 11.0. The van der Waals surface area contributed by atoms with Crippen molar-refractivity contribution in [1.29, 1.82) is 0 Å². The first-order valence-corrected chi connectivity index (χ1v) is 18.3. The van der Waals surface area contributed by atoms with Gasteiger partial charge in [0.05, 0.1) is 0 Å². The molecule has 5 heterocycles. The molecule has 4 aromatic rings. The van der Waals surface area contributed by atoms with Crippen LogP contribution in [0, 0.1) is 0 Å². The predicted octanol–water partition coefficient (Wildman–Crippen LogP) is 6.59. The summed E-state index contributed by atoms with van der Waals surface area (Å²) in [6.07, 6.45) is -3.61. The van der Waals surface area contributed by atoms with Gasteiger partial charge in [0.15, 0.2) is 30.2 Å². The lowest BCUT2D eigenvalue weighted by Gasteiger charge is -2.44. The van der Waals surface area contributed by atoms with E-state index in [1.807, 2.05) is 0 Å². The summed E-state index contributed by atoms with van der Waals surface area (Å²) >= 11 is 4.72. The number of thiophene rings is 4. The molecule has 10 nitrogen and oxygen atoms in total. The molecule has 0 bridgehead atoms. The standard InChI is InChI=1S/C32H28O10S4/c33-28(18-8-4-14-43-18)37-22-23(38-29(34)19-9-5-15-44-19)25(40-31(36)21-11-7-17-46-21)27-26(41-32(42-27)12-2-1-3-13-32)24(22)39-30(35)20-10-6-16-45-20/h4-11,14-17,22-27H,1-3,12-13H2/t22-,23+,24+,25-,26-,27+. The van der Waals surface area contributed by atoms with E-state index in [1.165, 1.54) is 45.3 Å². The summed E-state index contributed by atoms with van der Waals surface area (Å²) in [5, 5.41) is 6.93. The Kier molecular flexibility index (Phi) is 9.08. The third kappa shape index (κ3) is 6.29. The maximum atomic E-state index is 13.5. The second kappa shape index (κ2) is 13.4. The maximum Gasteiger partial charge on any atom is 0.348 e. The van der Waals surface area contributed by atoms with Crippen LogP contribution in [0.4, 0.5) is 0 Å². The Morgan fingerprint density at radius 2 is 0.848 bits per heavy atom. The van der Waals surface area contributed by atoms with E-state index < -0.39 is 66.3 Å². The van der Waals surface area contributed by atoms with Crippen LogP contribution in [-0.2, 0) is 28.4 Å². The molecule has 0 N–H and O–H groups in total. The molecule has 1 aliphatic heterocycles. The van der Waals surface area contributed by atoms with E-state index in [4.69, 9.17) is 28.4 Å². The van der Waals surface area contributed by atoms with Crippen molar-refractivity contribution in [2.75, 3.05) is 0 Å². The molecule has 1 spiro atoms. The number of carbonyl (C=O) groups is 4. The molecule has 0 unspecified atom stereocenters. The van der Waals surface area contributed by atoms with Gasteiger partial charge in [0.2, 0.25) is 0 Å². The summed E-state index contributed by atoms with van der Waals surface area (Å²) in [7, 11) is 0. The van der Waals surface area contributed by atoms with E-state index in [0.717, 1.165) is 19.3 Å². The van der Waals surface area contributed by atoms with Crippen LogP contribution in [0.3, 0.4) is 0 Å². The fraction of sp³-hybridized carbons (Fsp3) is 0.375. The molecule has 3 fully saturated rings. The second-order valence-corrected chi connectivity index (χ2v) is 14.8. The van der Waals surface area contributed by atoms with E-state index >= 15 is 0 Å². The van der Waals surface area contributed by atoms with Gasteiger partial charge in [-0.15, -0.1) is 45.3 Å². The van der Waals surface area contributed by atoms with Crippen LogP contribution < -0.4 is 0 Å². The van der Waals surface area contributed by atoms with Crippen LogP contribution >= 0.6 is 45.3 Å². The highest BCUT2D eigenvalue weighted by molar-refractivity contribution is 7.12. The number of hydrogen-bond acceptors (Lipinski definition) is 14. The Morgan fingerprint density at radius 3 is 1.15 bits per heavy atom. The summed E-state index contributed by atoms with van der Waals surface area (Å²) in [5.41, 5.74) is 0. The van der Waals surface area contributed by atoms with E-state index in [9.17, 15) is 19.2 Å². The van der Waals surface area contributed by atoms with Crippen LogP contribution in [-0.4, -0.2) is 66.3 Å². The molecule has 7 rings (SSSR count). The quantitative estimate of drug-likeness (QED) is 0.147. The predicted molar refractivity (Wildman–Crippen MR) is 170 cm³/mol. The van der Waals surface area contributed by atoms with E-state index in [-0.39, 0.29) is 9.75 Å². The van der Waals surface area contributed by atoms with Crippen molar-refractivity contribution in [1.82, 2.24) is 0 Å². The largest absolute Gasteiger partial charge is 0.451 e. The summed E-state index contributed by atoms with van der Waals surface area (Å²) in [4.78, 5) is 55.2. The Bertz CT molecular complexity index is 1530. The summed E-state index contributed by atoms with van der Waals surface area (Å²) in [6, 6.07) is 13.3. The van der Waals surface area contributed by atoms with Gasteiger partial charge in [0.25, 0.3) is 0 Å². The van der Waals surface area contributed by atoms with Crippen LogP contribution in [0.2, 0.25) is 0 Å². The number of ether oxygens (including phenoxy) is 6. The van der Waals surface area contributed by atoms with Crippen LogP contribution in [0.15, 0.2) is 70.1 Å². The van der Waals surface area contributed by atoms with Crippen molar-refractivity contribution < 1.29 is 47.6 Å². The smallest absolute Gasteiger partial charge is 0.348 e. The molecule has 0 aromatic carbocycles. The Labute approximate surface area is 279 Å². The minimum atomic E-state index is -1.42. The molecule has 14 heteroatoms. The fourth-order valence-electron chi connectivity index (χ4n) is 6.08. The fourth-order valence-corrected chi connectivity index (χ4v) is 8.50. The first-order valence-electron chi connectivity index (χ1n) is 14.7. The molecular formula is C32H28O10S4. The average Bonchev–Trinajstić information content (AvgIpc) is 3.91. The van der Waals surface area contributed by atoms with Crippen LogP contribution in [0.25, 0.3) is 0 Å². The average molecular weight is 701 g/mol. The maximum absolute atomic E-state index is 13.5. The molecule has 4 aromatic heterocycles. The summed E-state index contributed by atoms with van der Waals surface area (Å²) < 4.78 is 37.7.